The van der Waals surface area contributed by atoms with Crippen LogP contribution in [0.4, 0.5) is 11.4 Å². The minimum atomic E-state index is -0.364. The molecule has 1 saturated heterocycles. The van der Waals surface area contributed by atoms with Crippen molar-refractivity contribution in [2.45, 2.75) is 39.1 Å². The third-order valence-electron chi connectivity index (χ3n) is 4.94. The van der Waals surface area contributed by atoms with E-state index in [9.17, 15) is 15.2 Å². The van der Waals surface area contributed by atoms with Gasteiger partial charge in [-0.15, -0.1) is 0 Å². The van der Waals surface area contributed by atoms with Gasteiger partial charge in [-0.1, -0.05) is 24.3 Å². The number of hydrogen-bond acceptors (Lipinski definition) is 5. The number of aliphatic hydroxyl groups excluding tert-OH is 1. The number of anilines is 1. The van der Waals surface area contributed by atoms with E-state index < -0.39 is 0 Å². The molecule has 1 aliphatic heterocycles. The molecular weight excluding hydrogens is 332 g/mol. The van der Waals surface area contributed by atoms with Crippen molar-refractivity contribution < 1.29 is 14.8 Å². The maximum atomic E-state index is 11.3. The van der Waals surface area contributed by atoms with Crippen LogP contribution in [-0.2, 0) is 18.0 Å². The van der Waals surface area contributed by atoms with Gasteiger partial charge in [0.15, 0.2) is 0 Å². The van der Waals surface area contributed by atoms with Gasteiger partial charge in [0, 0.05) is 19.2 Å². The zero-order valence-corrected chi connectivity index (χ0v) is 14.9. The predicted molar refractivity (Wildman–Crippen MR) is 100 cm³/mol. The Labute approximate surface area is 153 Å². The molecule has 0 spiro atoms. The van der Waals surface area contributed by atoms with Crippen LogP contribution in [0.15, 0.2) is 42.5 Å². The van der Waals surface area contributed by atoms with Crippen molar-refractivity contribution >= 4 is 11.4 Å². The van der Waals surface area contributed by atoms with Gasteiger partial charge in [-0.25, -0.2) is 0 Å². The average molecular weight is 356 g/mol. The van der Waals surface area contributed by atoms with E-state index in [1.807, 2.05) is 17.0 Å². The number of benzene rings is 2. The monoisotopic (exact) mass is 356 g/mol. The Morgan fingerprint density at radius 1 is 1.23 bits per heavy atom. The van der Waals surface area contributed by atoms with Crippen LogP contribution in [0, 0.1) is 17.0 Å². The number of nitro benzene ring substituents is 1. The molecule has 2 aromatic carbocycles. The molecule has 0 amide bonds. The van der Waals surface area contributed by atoms with Gasteiger partial charge in [0.2, 0.25) is 0 Å². The van der Waals surface area contributed by atoms with Crippen molar-refractivity contribution in [1.29, 1.82) is 0 Å². The second-order valence-corrected chi connectivity index (χ2v) is 6.66. The Morgan fingerprint density at radius 2 is 1.96 bits per heavy atom. The molecule has 1 N–H and O–H groups in total. The number of aliphatic hydroxyl groups is 1. The SMILES string of the molecule is Cc1ccccc1COC1CCN(c2cc(CO)ccc2[N+](=O)[O-])CC1. The number of aryl methyl sites for hydroxylation is 1. The lowest BCUT2D eigenvalue weighted by Crippen LogP contribution is -2.37. The molecule has 0 unspecified atom stereocenters. The lowest BCUT2D eigenvalue weighted by molar-refractivity contribution is -0.384. The third kappa shape index (κ3) is 4.20. The smallest absolute Gasteiger partial charge is 0.292 e. The summed E-state index contributed by atoms with van der Waals surface area (Å²) in [5.41, 5.74) is 3.77. The van der Waals surface area contributed by atoms with Gasteiger partial charge >= 0.3 is 0 Å². The number of piperidine rings is 1. The largest absolute Gasteiger partial charge is 0.392 e. The van der Waals surface area contributed by atoms with E-state index in [0.717, 1.165) is 12.8 Å². The molecule has 0 saturated carbocycles. The molecule has 1 fully saturated rings. The zero-order chi connectivity index (χ0) is 18.5. The molecule has 0 bridgehead atoms. The first-order valence-electron chi connectivity index (χ1n) is 8.87. The van der Waals surface area contributed by atoms with Crippen LogP contribution >= 0.6 is 0 Å². The fourth-order valence-corrected chi connectivity index (χ4v) is 3.32. The topological polar surface area (TPSA) is 75.8 Å². The highest BCUT2D eigenvalue weighted by Gasteiger charge is 2.25. The quantitative estimate of drug-likeness (QED) is 0.632. The standard InChI is InChI=1S/C20H24N2O4/c1-15-4-2-3-5-17(15)14-26-18-8-10-21(11-9-18)20-12-16(13-23)6-7-19(20)22(24)25/h2-7,12,18,23H,8-11,13-14H2,1H3. The van der Waals surface area contributed by atoms with E-state index >= 15 is 0 Å². The first-order valence-corrected chi connectivity index (χ1v) is 8.87. The molecule has 3 rings (SSSR count). The fourth-order valence-electron chi connectivity index (χ4n) is 3.32. The predicted octanol–water partition coefficient (Wildman–Crippen LogP) is 3.58. The molecule has 2 aromatic rings. The van der Waals surface area contributed by atoms with E-state index in [-0.39, 0.29) is 23.3 Å². The zero-order valence-electron chi connectivity index (χ0n) is 14.9. The number of rotatable bonds is 6. The summed E-state index contributed by atoms with van der Waals surface area (Å²) in [6, 6.07) is 13.0. The van der Waals surface area contributed by atoms with Crippen LogP contribution in [0.1, 0.15) is 29.5 Å². The molecular formula is C20H24N2O4. The van der Waals surface area contributed by atoms with Crippen LogP contribution in [0.25, 0.3) is 0 Å². The minimum Gasteiger partial charge on any atom is -0.392 e. The first kappa shape index (κ1) is 18.4. The maximum absolute atomic E-state index is 11.3. The van der Waals surface area contributed by atoms with Gasteiger partial charge in [-0.3, -0.25) is 10.1 Å². The minimum absolute atomic E-state index is 0.0847. The van der Waals surface area contributed by atoms with E-state index in [0.29, 0.717) is 30.9 Å². The molecule has 26 heavy (non-hydrogen) atoms. The molecule has 0 aliphatic carbocycles. The molecule has 0 radical (unpaired) electrons. The maximum Gasteiger partial charge on any atom is 0.292 e. The Kier molecular flexibility index (Phi) is 5.85. The van der Waals surface area contributed by atoms with Gasteiger partial charge in [-0.05, 0) is 48.6 Å². The molecule has 138 valence electrons. The van der Waals surface area contributed by atoms with Crippen molar-refractivity contribution in [3.63, 3.8) is 0 Å². The highest BCUT2D eigenvalue weighted by atomic mass is 16.6. The summed E-state index contributed by atoms with van der Waals surface area (Å²) in [6.07, 6.45) is 1.81. The summed E-state index contributed by atoms with van der Waals surface area (Å²) >= 11 is 0. The summed E-state index contributed by atoms with van der Waals surface area (Å²) in [5.74, 6) is 0. The molecule has 1 aliphatic rings. The van der Waals surface area contributed by atoms with Crippen LogP contribution in [-0.4, -0.2) is 29.2 Å². The number of hydrogen-bond donors (Lipinski definition) is 1. The summed E-state index contributed by atoms with van der Waals surface area (Å²) < 4.78 is 6.06. The Bertz CT molecular complexity index is 770. The van der Waals surface area contributed by atoms with Gasteiger partial charge in [0.05, 0.1) is 24.2 Å². The van der Waals surface area contributed by atoms with Crippen molar-refractivity contribution in [3.05, 3.63) is 69.3 Å². The summed E-state index contributed by atoms with van der Waals surface area (Å²) in [4.78, 5) is 13.0. The molecule has 6 nitrogen and oxygen atoms in total. The summed E-state index contributed by atoms with van der Waals surface area (Å²) in [6.45, 7) is 3.95. The average Bonchev–Trinajstić information content (AvgIpc) is 2.67. The first-order chi connectivity index (χ1) is 12.6. The van der Waals surface area contributed by atoms with Gasteiger partial charge in [-0.2, -0.15) is 0 Å². The van der Waals surface area contributed by atoms with Gasteiger partial charge < -0.3 is 14.7 Å². The lowest BCUT2D eigenvalue weighted by Gasteiger charge is -2.33. The number of ether oxygens (including phenoxy) is 1. The van der Waals surface area contributed by atoms with Gasteiger partial charge in [0.25, 0.3) is 5.69 Å². The van der Waals surface area contributed by atoms with Crippen LogP contribution in [0.2, 0.25) is 0 Å². The van der Waals surface area contributed by atoms with Crippen molar-refractivity contribution in [3.8, 4) is 0 Å². The normalized spacial score (nSPS) is 15.2. The third-order valence-corrected chi connectivity index (χ3v) is 4.94. The Hall–Kier alpha value is -2.44. The molecule has 6 heteroatoms. The van der Waals surface area contributed by atoms with Crippen molar-refractivity contribution in [2.24, 2.45) is 0 Å². The van der Waals surface area contributed by atoms with E-state index in [4.69, 9.17) is 4.74 Å². The van der Waals surface area contributed by atoms with Gasteiger partial charge in [0.1, 0.15) is 5.69 Å². The molecule has 0 atom stereocenters. The second kappa shape index (κ2) is 8.29. The lowest BCUT2D eigenvalue weighted by atomic mass is 10.0. The van der Waals surface area contributed by atoms with Crippen LogP contribution in [0.5, 0.6) is 0 Å². The summed E-state index contributed by atoms with van der Waals surface area (Å²) in [5, 5.41) is 20.6. The van der Waals surface area contributed by atoms with E-state index in [1.165, 1.54) is 17.2 Å². The Morgan fingerprint density at radius 3 is 2.62 bits per heavy atom. The van der Waals surface area contributed by atoms with E-state index in [2.05, 4.69) is 19.1 Å². The second-order valence-electron chi connectivity index (χ2n) is 6.66. The number of nitrogens with zero attached hydrogens (tertiary/aromatic N) is 2. The van der Waals surface area contributed by atoms with Crippen LogP contribution in [0.3, 0.4) is 0 Å². The number of nitro groups is 1. The fraction of sp³-hybridized carbons (Fsp3) is 0.400. The van der Waals surface area contributed by atoms with Crippen molar-refractivity contribution in [2.75, 3.05) is 18.0 Å². The van der Waals surface area contributed by atoms with Crippen molar-refractivity contribution in [1.82, 2.24) is 0 Å². The molecule has 1 heterocycles. The molecule has 0 aromatic heterocycles. The Balaban J connectivity index is 1.62. The van der Waals surface area contributed by atoms with Crippen LogP contribution < -0.4 is 4.90 Å². The highest BCUT2D eigenvalue weighted by molar-refractivity contribution is 5.64. The van der Waals surface area contributed by atoms with E-state index in [1.54, 1.807) is 12.1 Å². The highest BCUT2D eigenvalue weighted by Crippen LogP contribution is 2.32. The summed E-state index contributed by atoms with van der Waals surface area (Å²) in [7, 11) is 0.